The summed E-state index contributed by atoms with van der Waals surface area (Å²) in [5.41, 5.74) is -1.10. The van der Waals surface area contributed by atoms with Crippen molar-refractivity contribution >= 4 is 11.7 Å². The summed E-state index contributed by atoms with van der Waals surface area (Å²) in [7, 11) is 0.903. The number of aromatic nitrogens is 1. The highest BCUT2D eigenvalue weighted by atomic mass is 19.4. The lowest BCUT2D eigenvalue weighted by Crippen LogP contribution is -2.39. The summed E-state index contributed by atoms with van der Waals surface area (Å²) in [4.78, 5) is 15.2. The third-order valence-electron chi connectivity index (χ3n) is 2.36. The minimum absolute atomic E-state index is 0.364. The van der Waals surface area contributed by atoms with E-state index in [-0.39, 0.29) is 0 Å². The number of anilines is 1. The van der Waals surface area contributed by atoms with Gasteiger partial charge in [-0.2, -0.15) is 26.3 Å². The van der Waals surface area contributed by atoms with Gasteiger partial charge < -0.3 is 10.2 Å². The average Bonchev–Trinajstić information content (AvgIpc) is 2.33. The monoisotopic (exact) mass is 315 g/mol. The van der Waals surface area contributed by atoms with Gasteiger partial charge in [-0.1, -0.05) is 0 Å². The van der Waals surface area contributed by atoms with Crippen LogP contribution in [-0.2, 0) is 11.0 Å². The van der Waals surface area contributed by atoms with E-state index in [9.17, 15) is 31.1 Å². The molecule has 0 atom stereocenters. The van der Waals surface area contributed by atoms with Gasteiger partial charge in [0, 0.05) is 13.2 Å². The van der Waals surface area contributed by atoms with E-state index >= 15 is 0 Å². The number of carbonyl (C=O) groups is 1. The van der Waals surface area contributed by atoms with E-state index in [4.69, 9.17) is 0 Å². The summed E-state index contributed by atoms with van der Waals surface area (Å²) >= 11 is 0. The minimum Gasteiger partial charge on any atom is -0.360 e. The van der Waals surface area contributed by atoms with Gasteiger partial charge in [0.2, 0.25) is 5.91 Å². The molecule has 1 N–H and O–H groups in total. The van der Waals surface area contributed by atoms with Gasteiger partial charge in [0.05, 0.1) is 12.1 Å². The fourth-order valence-electron chi connectivity index (χ4n) is 1.43. The van der Waals surface area contributed by atoms with Crippen LogP contribution in [0.3, 0.4) is 0 Å². The number of likely N-dealkylation sites (N-methyl/N-ethyl adjacent to an activating group) is 1. The van der Waals surface area contributed by atoms with Crippen molar-refractivity contribution in [2.45, 2.75) is 12.4 Å². The first-order valence-electron chi connectivity index (χ1n) is 5.57. The van der Waals surface area contributed by atoms with Crippen molar-refractivity contribution in [3.63, 3.8) is 0 Å². The Balaban J connectivity index is 2.70. The van der Waals surface area contributed by atoms with Gasteiger partial charge >= 0.3 is 12.4 Å². The van der Waals surface area contributed by atoms with E-state index in [2.05, 4.69) is 10.3 Å². The van der Waals surface area contributed by atoms with E-state index in [0.29, 0.717) is 4.90 Å². The molecule has 1 aromatic heterocycles. The van der Waals surface area contributed by atoms with Crippen molar-refractivity contribution in [2.24, 2.45) is 0 Å². The molecule has 0 bridgehead atoms. The molecular formula is C11H11F6N3O. The quantitative estimate of drug-likeness (QED) is 0.869. The second kappa shape index (κ2) is 6.19. The lowest BCUT2D eigenvalue weighted by molar-refractivity contribution is -0.157. The van der Waals surface area contributed by atoms with Crippen molar-refractivity contribution in [1.29, 1.82) is 0 Å². The molecule has 10 heteroatoms. The smallest absolute Gasteiger partial charge is 0.360 e. The first-order valence-corrected chi connectivity index (χ1v) is 5.57. The molecule has 0 radical (unpaired) electrons. The molecule has 0 aliphatic carbocycles. The number of hydrogen-bond donors (Lipinski definition) is 1. The molecule has 1 rings (SSSR count). The maximum absolute atomic E-state index is 12.6. The highest BCUT2D eigenvalue weighted by Crippen LogP contribution is 2.33. The molecule has 0 spiro atoms. The molecule has 1 heterocycles. The van der Waals surface area contributed by atoms with Crippen molar-refractivity contribution < 1.29 is 31.1 Å². The molecule has 0 saturated carbocycles. The van der Waals surface area contributed by atoms with Crippen LogP contribution in [0, 0.1) is 0 Å². The van der Waals surface area contributed by atoms with Gasteiger partial charge in [-0.15, -0.1) is 0 Å². The Labute approximate surface area is 115 Å². The number of rotatable bonds is 4. The number of pyridine rings is 1. The summed E-state index contributed by atoms with van der Waals surface area (Å²) in [6, 6.07) is 1.81. The zero-order chi connectivity index (χ0) is 16.3. The Morgan fingerprint density at radius 1 is 1.29 bits per heavy atom. The van der Waals surface area contributed by atoms with Crippen LogP contribution in [0.15, 0.2) is 18.3 Å². The molecule has 118 valence electrons. The fraction of sp³-hybridized carbons (Fsp3) is 0.455. The molecule has 1 amide bonds. The molecule has 0 unspecified atom stereocenters. The summed E-state index contributed by atoms with van der Waals surface area (Å²) in [6.45, 7) is -2.21. The van der Waals surface area contributed by atoms with Crippen molar-refractivity contribution in [3.8, 4) is 0 Å². The van der Waals surface area contributed by atoms with Crippen LogP contribution in [0.5, 0.6) is 0 Å². The maximum Gasteiger partial charge on any atom is 0.419 e. The number of nitrogens with zero attached hydrogens (tertiary/aromatic N) is 2. The van der Waals surface area contributed by atoms with Crippen molar-refractivity contribution in [1.82, 2.24) is 9.88 Å². The van der Waals surface area contributed by atoms with Crippen LogP contribution in [-0.4, -0.2) is 42.1 Å². The molecule has 0 aromatic carbocycles. The number of halogens is 6. The Hall–Kier alpha value is -2.00. The topological polar surface area (TPSA) is 45.2 Å². The summed E-state index contributed by atoms with van der Waals surface area (Å²) in [5, 5.41) is 2.10. The Morgan fingerprint density at radius 3 is 2.43 bits per heavy atom. The average molecular weight is 315 g/mol. The van der Waals surface area contributed by atoms with E-state index in [1.54, 1.807) is 0 Å². The first-order chi connectivity index (χ1) is 9.50. The predicted molar refractivity (Wildman–Crippen MR) is 61.4 cm³/mol. The van der Waals surface area contributed by atoms with E-state index in [1.807, 2.05) is 0 Å². The van der Waals surface area contributed by atoms with Gasteiger partial charge in [0.25, 0.3) is 0 Å². The van der Waals surface area contributed by atoms with Crippen LogP contribution in [0.25, 0.3) is 0 Å². The van der Waals surface area contributed by atoms with Crippen molar-refractivity contribution in [2.75, 3.05) is 25.5 Å². The number of carbonyl (C=O) groups excluding carboxylic acids is 1. The number of alkyl halides is 6. The van der Waals surface area contributed by atoms with Crippen molar-refractivity contribution in [3.05, 3.63) is 23.9 Å². The Bertz CT molecular complexity index is 499. The zero-order valence-corrected chi connectivity index (χ0v) is 10.7. The molecule has 1 aromatic rings. The molecule has 4 nitrogen and oxygen atoms in total. The Kier molecular flexibility index (Phi) is 5.02. The maximum atomic E-state index is 12.6. The highest BCUT2D eigenvalue weighted by Gasteiger charge is 2.34. The van der Waals surface area contributed by atoms with Crippen LogP contribution in [0.4, 0.5) is 32.2 Å². The van der Waals surface area contributed by atoms with Crippen LogP contribution < -0.4 is 5.32 Å². The zero-order valence-electron chi connectivity index (χ0n) is 10.7. The van der Waals surface area contributed by atoms with E-state index in [0.717, 1.165) is 25.4 Å². The van der Waals surface area contributed by atoms with E-state index < -0.39 is 42.7 Å². The third-order valence-corrected chi connectivity index (χ3v) is 2.36. The lowest BCUT2D eigenvalue weighted by Gasteiger charge is -2.20. The number of nitrogens with one attached hydrogen (secondary N) is 1. The van der Waals surface area contributed by atoms with Gasteiger partial charge in [0.15, 0.2) is 0 Å². The molecular weight excluding hydrogens is 304 g/mol. The van der Waals surface area contributed by atoms with Crippen LogP contribution in [0.2, 0.25) is 0 Å². The van der Waals surface area contributed by atoms with Gasteiger partial charge in [0.1, 0.15) is 12.4 Å². The summed E-state index contributed by atoms with van der Waals surface area (Å²) < 4.78 is 74.1. The standard InChI is InChI=1S/C11H11F6N3O/c1-20(6-10(12,13)14)8(21)5-19-9-7(11(15,16)17)3-2-4-18-9/h2-4H,5-6H2,1H3,(H,18,19). The fourth-order valence-corrected chi connectivity index (χ4v) is 1.43. The Morgan fingerprint density at radius 2 is 1.90 bits per heavy atom. The number of hydrogen-bond acceptors (Lipinski definition) is 3. The van der Waals surface area contributed by atoms with Gasteiger partial charge in [-0.05, 0) is 12.1 Å². The molecule has 0 aliphatic heterocycles. The molecule has 0 fully saturated rings. The second-order valence-electron chi connectivity index (χ2n) is 4.12. The van der Waals surface area contributed by atoms with Gasteiger partial charge in [-0.25, -0.2) is 4.98 Å². The third kappa shape index (κ3) is 5.48. The predicted octanol–water partition coefficient (Wildman–Crippen LogP) is 2.53. The second-order valence-corrected chi connectivity index (χ2v) is 4.12. The minimum atomic E-state index is -4.68. The first kappa shape index (κ1) is 17.1. The molecule has 0 aliphatic rings. The van der Waals surface area contributed by atoms with Gasteiger partial charge in [-0.3, -0.25) is 4.79 Å². The molecule has 21 heavy (non-hydrogen) atoms. The largest absolute Gasteiger partial charge is 0.419 e. The molecule has 0 saturated heterocycles. The normalized spacial score (nSPS) is 12.1. The number of amides is 1. The summed E-state index contributed by atoms with van der Waals surface area (Å²) in [6.07, 6.45) is -8.19. The highest BCUT2D eigenvalue weighted by molar-refractivity contribution is 5.80. The van der Waals surface area contributed by atoms with Crippen LogP contribution >= 0.6 is 0 Å². The summed E-state index contributed by atoms with van der Waals surface area (Å²) in [5.74, 6) is -1.62. The van der Waals surface area contributed by atoms with Crippen LogP contribution in [0.1, 0.15) is 5.56 Å². The SMILES string of the molecule is CN(CC(F)(F)F)C(=O)CNc1ncccc1C(F)(F)F. The lowest BCUT2D eigenvalue weighted by atomic mass is 10.2. The van der Waals surface area contributed by atoms with E-state index in [1.165, 1.54) is 0 Å².